The summed E-state index contributed by atoms with van der Waals surface area (Å²) >= 11 is 4.72. The van der Waals surface area contributed by atoms with Crippen molar-refractivity contribution in [1.29, 1.82) is 0 Å². The zero-order valence-electron chi connectivity index (χ0n) is 4.06. The molecule has 0 saturated carbocycles. The van der Waals surface area contributed by atoms with Crippen molar-refractivity contribution < 1.29 is 0 Å². The van der Waals surface area contributed by atoms with Crippen LogP contribution >= 0.6 is 12.2 Å². The first kappa shape index (κ1) is 5.13. The fourth-order valence-corrected chi connectivity index (χ4v) is 0.454. The second-order valence-electron chi connectivity index (χ2n) is 1.32. The molecule has 0 spiro atoms. The van der Waals surface area contributed by atoms with Gasteiger partial charge in [-0.2, -0.15) is 0 Å². The SMILES string of the molecule is Nc1c[nH]c#cc1=S. The Kier molecular flexibility index (Phi) is 1.18. The molecule has 1 heterocycles. The predicted molar refractivity (Wildman–Crippen MR) is 33.7 cm³/mol. The first-order valence-corrected chi connectivity index (χ1v) is 2.48. The maximum absolute atomic E-state index is 5.33. The van der Waals surface area contributed by atoms with Gasteiger partial charge in [-0.3, -0.25) is 0 Å². The smallest absolute Gasteiger partial charge is 0.114 e. The highest BCUT2D eigenvalue weighted by Gasteiger charge is 1.79. The fourth-order valence-electron chi connectivity index (χ4n) is 0.344. The summed E-state index contributed by atoms with van der Waals surface area (Å²) in [7, 11) is 0. The van der Waals surface area contributed by atoms with Crippen molar-refractivity contribution in [1.82, 2.24) is 4.98 Å². The number of aromatic amines is 1. The van der Waals surface area contributed by atoms with Gasteiger partial charge in [-0.05, 0) is 6.07 Å². The van der Waals surface area contributed by atoms with E-state index < -0.39 is 0 Å². The minimum atomic E-state index is 0.517. The van der Waals surface area contributed by atoms with Gasteiger partial charge in [0.25, 0.3) is 0 Å². The van der Waals surface area contributed by atoms with Crippen molar-refractivity contribution in [3.05, 3.63) is 23.0 Å². The summed E-state index contributed by atoms with van der Waals surface area (Å²) in [6, 6.07) is 2.61. The maximum Gasteiger partial charge on any atom is 0.114 e. The van der Waals surface area contributed by atoms with Crippen molar-refractivity contribution in [3.63, 3.8) is 0 Å². The molecule has 0 saturated heterocycles. The van der Waals surface area contributed by atoms with Gasteiger partial charge in [-0.15, -0.1) is 0 Å². The van der Waals surface area contributed by atoms with Gasteiger partial charge < -0.3 is 10.7 Å². The molecule has 1 rings (SSSR count). The van der Waals surface area contributed by atoms with E-state index >= 15 is 0 Å². The first-order chi connectivity index (χ1) is 3.80. The largest absolute Gasteiger partial charge is 0.396 e. The molecular formula is C5H4N2S. The summed E-state index contributed by atoms with van der Waals surface area (Å²) in [6.45, 7) is 0. The Morgan fingerprint density at radius 3 is 2.88 bits per heavy atom. The van der Waals surface area contributed by atoms with Gasteiger partial charge in [0.2, 0.25) is 0 Å². The minimum absolute atomic E-state index is 0.517. The Labute approximate surface area is 52.3 Å². The monoisotopic (exact) mass is 124 g/mol. The molecule has 0 aliphatic carbocycles. The van der Waals surface area contributed by atoms with Crippen molar-refractivity contribution in [2.75, 3.05) is 5.73 Å². The number of nitrogen functional groups attached to an aromatic ring is 1. The Hall–Kier alpha value is -1.01. The van der Waals surface area contributed by atoms with E-state index in [-0.39, 0.29) is 0 Å². The normalized spacial score (nSPS) is 8.00. The third-order valence-corrected chi connectivity index (χ3v) is 1.08. The van der Waals surface area contributed by atoms with E-state index in [2.05, 4.69) is 17.2 Å². The molecule has 3 N–H and O–H groups in total. The first-order valence-electron chi connectivity index (χ1n) is 2.07. The second kappa shape index (κ2) is 1.85. The minimum Gasteiger partial charge on any atom is -0.396 e. The van der Waals surface area contributed by atoms with Crippen LogP contribution < -0.4 is 5.73 Å². The molecule has 1 aromatic heterocycles. The highest BCUT2D eigenvalue weighted by atomic mass is 32.1. The summed E-state index contributed by atoms with van der Waals surface area (Å²) in [4.78, 5) is 2.63. The fraction of sp³-hybridized carbons (Fsp3) is 0. The van der Waals surface area contributed by atoms with Crippen molar-refractivity contribution in [2.45, 2.75) is 0 Å². The zero-order valence-corrected chi connectivity index (χ0v) is 4.88. The second-order valence-corrected chi connectivity index (χ2v) is 1.73. The molecule has 0 aromatic carbocycles. The van der Waals surface area contributed by atoms with Gasteiger partial charge in [0.05, 0.1) is 5.69 Å². The summed E-state index contributed by atoms with van der Waals surface area (Å²) in [5.74, 6) is 0. The average molecular weight is 124 g/mol. The summed E-state index contributed by atoms with van der Waals surface area (Å²) in [6.07, 6.45) is 4.15. The summed E-state index contributed by atoms with van der Waals surface area (Å²) in [5.41, 5.74) is 5.87. The lowest BCUT2D eigenvalue weighted by Gasteiger charge is -1.81. The maximum atomic E-state index is 5.33. The van der Waals surface area contributed by atoms with E-state index in [1.54, 1.807) is 6.20 Å². The predicted octanol–water partition coefficient (Wildman–Crippen LogP) is 0.927. The van der Waals surface area contributed by atoms with E-state index in [4.69, 9.17) is 18.0 Å². The summed E-state index contributed by atoms with van der Waals surface area (Å²) in [5, 5.41) is 0. The van der Waals surface area contributed by atoms with E-state index in [0.29, 0.717) is 10.2 Å². The van der Waals surface area contributed by atoms with Gasteiger partial charge in [0.1, 0.15) is 4.51 Å². The lowest BCUT2D eigenvalue weighted by atomic mass is 10.5. The van der Waals surface area contributed by atoms with E-state index in [0.717, 1.165) is 0 Å². The molecule has 8 heavy (non-hydrogen) atoms. The quantitative estimate of drug-likeness (QED) is 0.505. The number of nitrogens with two attached hydrogens (primary N) is 1. The number of aromatic nitrogens is 1. The topological polar surface area (TPSA) is 41.8 Å². The molecule has 0 radical (unpaired) electrons. The standard InChI is InChI=1S/C5H4N2S/c6-4-3-7-2-1-5(4)8/h3,7H,6H2. The van der Waals surface area contributed by atoms with E-state index in [1.165, 1.54) is 0 Å². The van der Waals surface area contributed by atoms with Crippen LogP contribution in [0.1, 0.15) is 0 Å². The molecule has 40 valence electrons. The Balaban J connectivity index is 3.35. The average Bonchev–Trinajstić information content (AvgIpc) is 1.77. The molecule has 0 atom stereocenters. The summed E-state index contributed by atoms with van der Waals surface area (Å²) < 4.78 is 0.517. The van der Waals surface area contributed by atoms with Gasteiger partial charge >= 0.3 is 0 Å². The molecule has 0 aliphatic rings. The van der Waals surface area contributed by atoms with Crippen LogP contribution in [-0.4, -0.2) is 4.98 Å². The molecule has 1 aromatic rings. The molecule has 3 heteroatoms. The number of H-pyrrole nitrogens is 1. The lowest BCUT2D eigenvalue weighted by molar-refractivity contribution is 1.35. The number of nitrogens with one attached hydrogen (secondary N) is 1. The van der Waals surface area contributed by atoms with Crippen LogP contribution in [0, 0.1) is 16.8 Å². The van der Waals surface area contributed by atoms with Crippen LogP contribution in [0.3, 0.4) is 0 Å². The zero-order chi connectivity index (χ0) is 5.98. The molecule has 0 aliphatic heterocycles. The number of rotatable bonds is 0. The molecule has 0 amide bonds. The van der Waals surface area contributed by atoms with E-state index in [1.807, 2.05) is 0 Å². The highest BCUT2D eigenvalue weighted by molar-refractivity contribution is 7.71. The van der Waals surface area contributed by atoms with Gasteiger partial charge in [-0.25, -0.2) is 0 Å². The number of hydrogen-bond acceptors (Lipinski definition) is 2. The Morgan fingerprint density at radius 2 is 2.50 bits per heavy atom. The third-order valence-electron chi connectivity index (χ3n) is 0.738. The third kappa shape index (κ3) is 0.796. The van der Waals surface area contributed by atoms with Crippen molar-refractivity contribution >= 4 is 17.9 Å². The van der Waals surface area contributed by atoms with E-state index in [9.17, 15) is 0 Å². The lowest BCUT2D eigenvalue weighted by Crippen LogP contribution is -1.83. The van der Waals surface area contributed by atoms with Crippen LogP contribution in [-0.2, 0) is 0 Å². The Bertz CT molecular complexity index is 228. The Morgan fingerprint density at radius 1 is 1.75 bits per heavy atom. The molecule has 0 unspecified atom stereocenters. The van der Waals surface area contributed by atoms with Crippen LogP contribution in [0.5, 0.6) is 0 Å². The van der Waals surface area contributed by atoms with Crippen LogP contribution in [0.2, 0.25) is 0 Å². The molecular weight excluding hydrogens is 120 g/mol. The van der Waals surface area contributed by atoms with Gasteiger partial charge in [0.15, 0.2) is 0 Å². The van der Waals surface area contributed by atoms with Crippen LogP contribution in [0.25, 0.3) is 0 Å². The van der Waals surface area contributed by atoms with Crippen molar-refractivity contribution in [3.8, 4) is 0 Å². The number of hydrogen-bond donors (Lipinski definition) is 2. The van der Waals surface area contributed by atoms with Crippen LogP contribution in [0.4, 0.5) is 5.69 Å². The molecule has 2 nitrogen and oxygen atoms in total. The van der Waals surface area contributed by atoms with Gasteiger partial charge in [0, 0.05) is 12.4 Å². The molecule has 0 bridgehead atoms. The van der Waals surface area contributed by atoms with Crippen LogP contribution in [0.15, 0.2) is 6.20 Å². The highest BCUT2D eigenvalue weighted by Crippen LogP contribution is 1.94. The molecule has 0 fully saturated rings. The van der Waals surface area contributed by atoms with Gasteiger partial charge in [-0.1, -0.05) is 12.2 Å². The number of anilines is 1. The van der Waals surface area contributed by atoms with Crippen molar-refractivity contribution in [2.24, 2.45) is 0 Å².